The van der Waals surface area contributed by atoms with Gasteiger partial charge in [-0.1, -0.05) is 42.5 Å². The lowest BCUT2D eigenvalue weighted by atomic mass is 10.1. The predicted molar refractivity (Wildman–Crippen MR) is 97.0 cm³/mol. The van der Waals surface area contributed by atoms with Gasteiger partial charge >= 0.3 is 0 Å². The highest BCUT2D eigenvalue weighted by molar-refractivity contribution is 7.88. The quantitative estimate of drug-likeness (QED) is 0.823. The molecule has 0 spiro atoms. The Kier molecular flexibility index (Phi) is 5.83. The molecule has 1 saturated heterocycles. The van der Waals surface area contributed by atoms with Gasteiger partial charge in [0.2, 0.25) is 10.0 Å². The smallest absolute Gasteiger partial charge is 0.215 e. The Morgan fingerprint density at radius 1 is 1.00 bits per heavy atom. The number of sulfonamides is 1. The third kappa shape index (κ3) is 5.11. The van der Waals surface area contributed by atoms with Crippen LogP contribution < -0.4 is 4.72 Å². The Morgan fingerprint density at radius 3 is 2.28 bits per heavy atom. The molecule has 2 aromatic carbocycles. The van der Waals surface area contributed by atoms with E-state index in [2.05, 4.69) is 9.62 Å². The Labute approximate surface area is 148 Å². The normalized spacial score (nSPS) is 16.8. The van der Waals surface area contributed by atoms with Crippen LogP contribution in [-0.4, -0.2) is 33.0 Å². The van der Waals surface area contributed by atoms with Crippen LogP contribution in [0, 0.1) is 5.82 Å². The van der Waals surface area contributed by atoms with Crippen molar-refractivity contribution in [2.24, 2.45) is 0 Å². The molecule has 1 fully saturated rings. The summed E-state index contributed by atoms with van der Waals surface area (Å²) in [5.74, 6) is -0.321. The largest absolute Gasteiger partial charge is 0.295 e. The van der Waals surface area contributed by atoms with Gasteiger partial charge in [-0.3, -0.25) is 4.90 Å². The SMILES string of the molecule is O=S(=O)(Cc1ccccc1)NCC(c1ccc(F)cc1)N1CCCC1. The van der Waals surface area contributed by atoms with Crippen molar-refractivity contribution in [1.82, 2.24) is 9.62 Å². The van der Waals surface area contributed by atoms with E-state index in [4.69, 9.17) is 0 Å². The molecule has 0 aromatic heterocycles. The lowest BCUT2D eigenvalue weighted by Crippen LogP contribution is -2.37. The lowest BCUT2D eigenvalue weighted by Gasteiger charge is -2.28. The Hall–Kier alpha value is -1.76. The fourth-order valence-electron chi connectivity index (χ4n) is 3.25. The average molecular weight is 362 g/mol. The van der Waals surface area contributed by atoms with Crippen molar-refractivity contribution >= 4 is 10.0 Å². The first-order chi connectivity index (χ1) is 12.0. The van der Waals surface area contributed by atoms with Crippen molar-refractivity contribution in [3.63, 3.8) is 0 Å². The number of hydrogen-bond acceptors (Lipinski definition) is 3. The third-order valence-corrected chi connectivity index (χ3v) is 5.85. The molecular formula is C19H23FN2O2S. The van der Waals surface area contributed by atoms with Crippen molar-refractivity contribution in [2.75, 3.05) is 19.6 Å². The summed E-state index contributed by atoms with van der Waals surface area (Å²) in [5.41, 5.74) is 1.69. The zero-order valence-corrected chi connectivity index (χ0v) is 14.9. The van der Waals surface area contributed by atoms with Crippen LogP contribution in [0.3, 0.4) is 0 Å². The van der Waals surface area contributed by atoms with Crippen molar-refractivity contribution in [2.45, 2.75) is 24.6 Å². The molecule has 1 atom stereocenters. The number of nitrogens with zero attached hydrogens (tertiary/aromatic N) is 1. The summed E-state index contributed by atoms with van der Waals surface area (Å²) in [6.45, 7) is 2.16. The van der Waals surface area contributed by atoms with E-state index in [1.165, 1.54) is 12.1 Å². The van der Waals surface area contributed by atoms with Crippen LogP contribution in [0.2, 0.25) is 0 Å². The molecule has 0 bridgehead atoms. The van der Waals surface area contributed by atoms with E-state index in [9.17, 15) is 12.8 Å². The topological polar surface area (TPSA) is 49.4 Å². The maximum absolute atomic E-state index is 13.2. The first-order valence-corrected chi connectivity index (χ1v) is 10.2. The van der Waals surface area contributed by atoms with Crippen molar-refractivity contribution in [3.8, 4) is 0 Å². The molecule has 0 aliphatic carbocycles. The number of likely N-dealkylation sites (tertiary alicyclic amines) is 1. The molecule has 4 nitrogen and oxygen atoms in total. The van der Waals surface area contributed by atoms with E-state index >= 15 is 0 Å². The predicted octanol–water partition coefficient (Wildman–Crippen LogP) is 3.08. The van der Waals surface area contributed by atoms with Crippen LogP contribution in [0.15, 0.2) is 54.6 Å². The van der Waals surface area contributed by atoms with Crippen LogP contribution in [0.25, 0.3) is 0 Å². The van der Waals surface area contributed by atoms with E-state index in [-0.39, 0.29) is 17.6 Å². The van der Waals surface area contributed by atoms with Gasteiger partial charge in [0.1, 0.15) is 5.82 Å². The number of nitrogens with one attached hydrogen (secondary N) is 1. The van der Waals surface area contributed by atoms with Crippen LogP contribution in [0.5, 0.6) is 0 Å². The molecule has 1 unspecified atom stereocenters. The van der Waals surface area contributed by atoms with Crippen molar-refractivity contribution in [1.29, 1.82) is 0 Å². The molecule has 1 aliphatic heterocycles. The third-order valence-electron chi connectivity index (χ3n) is 4.53. The summed E-state index contributed by atoms with van der Waals surface area (Å²) in [7, 11) is -3.43. The highest BCUT2D eigenvalue weighted by atomic mass is 32.2. The van der Waals surface area contributed by atoms with Gasteiger partial charge in [-0.25, -0.2) is 17.5 Å². The van der Waals surface area contributed by atoms with Crippen molar-refractivity contribution < 1.29 is 12.8 Å². The molecule has 1 aliphatic rings. The molecule has 1 N–H and O–H groups in total. The van der Waals surface area contributed by atoms with Crippen LogP contribution in [0.1, 0.15) is 30.0 Å². The standard InChI is InChI=1S/C19H23FN2O2S/c20-18-10-8-17(9-11-18)19(22-12-4-5-13-22)14-21-25(23,24)15-16-6-2-1-3-7-16/h1-3,6-11,19,21H,4-5,12-15H2. The van der Waals surface area contributed by atoms with Gasteiger partial charge < -0.3 is 0 Å². The van der Waals surface area contributed by atoms with Gasteiger partial charge in [-0.2, -0.15) is 0 Å². The molecule has 3 rings (SSSR count). The van der Waals surface area contributed by atoms with E-state index in [1.807, 2.05) is 18.2 Å². The molecule has 0 radical (unpaired) electrons. The minimum Gasteiger partial charge on any atom is -0.295 e. The van der Waals surface area contributed by atoms with Crippen molar-refractivity contribution in [3.05, 3.63) is 71.5 Å². The lowest BCUT2D eigenvalue weighted by molar-refractivity contribution is 0.246. The molecule has 0 amide bonds. The maximum atomic E-state index is 13.2. The summed E-state index contributed by atoms with van der Waals surface area (Å²) in [6, 6.07) is 15.4. The number of halogens is 1. The second-order valence-corrected chi connectivity index (χ2v) is 8.21. The molecule has 0 saturated carbocycles. The summed E-state index contributed by atoms with van der Waals surface area (Å²) in [4.78, 5) is 2.26. The minimum absolute atomic E-state index is 0.0377. The van der Waals surface area contributed by atoms with E-state index in [0.717, 1.165) is 37.1 Å². The molecule has 134 valence electrons. The van der Waals surface area contributed by atoms with Gasteiger partial charge in [0.05, 0.1) is 5.75 Å². The molecule has 25 heavy (non-hydrogen) atoms. The number of hydrogen-bond donors (Lipinski definition) is 1. The molecule has 6 heteroatoms. The Balaban J connectivity index is 1.70. The highest BCUT2D eigenvalue weighted by Crippen LogP contribution is 2.25. The maximum Gasteiger partial charge on any atom is 0.215 e. The van der Waals surface area contributed by atoms with Crippen LogP contribution >= 0.6 is 0 Å². The summed E-state index contributed by atoms with van der Waals surface area (Å²) >= 11 is 0. The second kappa shape index (κ2) is 8.08. The molecule has 2 aromatic rings. The highest BCUT2D eigenvalue weighted by Gasteiger charge is 2.25. The minimum atomic E-state index is -3.43. The fourth-order valence-corrected chi connectivity index (χ4v) is 4.39. The van der Waals surface area contributed by atoms with Gasteiger partial charge in [0.25, 0.3) is 0 Å². The van der Waals surface area contributed by atoms with Gasteiger partial charge in [-0.05, 0) is 49.2 Å². The fraction of sp³-hybridized carbons (Fsp3) is 0.368. The van der Waals surface area contributed by atoms with Gasteiger partial charge in [0.15, 0.2) is 0 Å². The summed E-state index contributed by atoms with van der Waals surface area (Å²) < 4.78 is 40.8. The monoisotopic (exact) mass is 362 g/mol. The number of benzene rings is 2. The zero-order chi connectivity index (χ0) is 17.7. The summed E-state index contributed by atoms with van der Waals surface area (Å²) in [6.07, 6.45) is 2.21. The van der Waals surface area contributed by atoms with Gasteiger partial charge in [-0.15, -0.1) is 0 Å². The van der Waals surface area contributed by atoms with Crippen LogP contribution in [-0.2, 0) is 15.8 Å². The molecule has 1 heterocycles. The average Bonchev–Trinajstić information content (AvgIpc) is 3.11. The van der Waals surface area contributed by atoms with E-state index < -0.39 is 10.0 Å². The zero-order valence-electron chi connectivity index (χ0n) is 14.1. The first kappa shape index (κ1) is 18.0. The number of rotatable bonds is 7. The first-order valence-electron chi connectivity index (χ1n) is 8.54. The second-order valence-electron chi connectivity index (χ2n) is 6.40. The Bertz CT molecular complexity index is 773. The van der Waals surface area contributed by atoms with Crippen LogP contribution in [0.4, 0.5) is 4.39 Å². The van der Waals surface area contributed by atoms with Gasteiger partial charge in [0, 0.05) is 12.6 Å². The Morgan fingerprint density at radius 2 is 1.64 bits per heavy atom. The summed E-state index contributed by atoms with van der Waals surface area (Å²) in [5, 5.41) is 0. The van der Waals surface area contributed by atoms with E-state index in [1.54, 1.807) is 24.3 Å². The molecular weight excluding hydrogens is 339 g/mol. The van der Waals surface area contributed by atoms with E-state index in [0.29, 0.717) is 6.54 Å².